The van der Waals surface area contributed by atoms with Gasteiger partial charge in [-0.1, -0.05) is 42.5 Å². The number of ether oxygens (including phenoxy) is 1. The molecule has 2 aromatic rings. The summed E-state index contributed by atoms with van der Waals surface area (Å²) in [5.41, 5.74) is 1.31. The van der Waals surface area contributed by atoms with Crippen molar-refractivity contribution in [1.82, 2.24) is 29.9 Å². The molecule has 7 heteroatoms. The Morgan fingerprint density at radius 3 is 2.47 bits per heavy atom. The van der Waals surface area contributed by atoms with Crippen LogP contribution in [0.2, 0.25) is 0 Å². The van der Waals surface area contributed by atoms with Gasteiger partial charge >= 0.3 is 0 Å². The highest BCUT2D eigenvalue weighted by Crippen LogP contribution is 2.32. The average molecular weight is 463 g/mol. The fraction of sp³-hybridized carbons (Fsp3) is 0.556. The van der Waals surface area contributed by atoms with E-state index in [2.05, 4.69) is 75.2 Å². The van der Waals surface area contributed by atoms with E-state index in [-0.39, 0.29) is 6.04 Å². The van der Waals surface area contributed by atoms with Gasteiger partial charge in [0, 0.05) is 45.8 Å². The number of hydrogen-bond acceptors (Lipinski definition) is 6. The zero-order chi connectivity index (χ0) is 23.3. The van der Waals surface area contributed by atoms with Gasteiger partial charge in [-0.15, -0.1) is 10.2 Å². The van der Waals surface area contributed by atoms with Crippen molar-refractivity contribution >= 4 is 0 Å². The standard InChI is InChI=1S/C27H38N6O/c1-21(22-8-4-3-5-9-22)33-26(20-31-16-13-24(34-2)14-17-31)29-30-27(33)23-11-18-32(19-12-23)25-10-6-7-15-28-25/h3-10,21,23-24,28H,11-20H2,1-2H3/t21-/m0/s1. The molecule has 0 amide bonds. The van der Waals surface area contributed by atoms with Crippen molar-refractivity contribution in [2.24, 2.45) is 0 Å². The van der Waals surface area contributed by atoms with Gasteiger partial charge in [-0.2, -0.15) is 0 Å². The second kappa shape index (κ2) is 10.7. The Morgan fingerprint density at radius 2 is 1.79 bits per heavy atom. The lowest BCUT2D eigenvalue weighted by atomic mass is 9.95. The number of piperidine rings is 2. The minimum atomic E-state index is 0.212. The van der Waals surface area contributed by atoms with Crippen LogP contribution >= 0.6 is 0 Å². The van der Waals surface area contributed by atoms with E-state index in [1.54, 1.807) is 0 Å². The Kier molecular flexibility index (Phi) is 7.30. The van der Waals surface area contributed by atoms with Crippen LogP contribution in [0.4, 0.5) is 0 Å². The normalized spacial score (nSPS) is 21.4. The second-order valence-electron chi connectivity index (χ2n) is 9.76. The van der Waals surface area contributed by atoms with E-state index < -0.39 is 0 Å². The zero-order valence-electron chi connectivity index (χ0n) is 20.6. The molecule has 0 radical (unpaired) electrons. The first-order valence-corrected chi connectivity index (χ1v) is 12.8. The molecular weight excluding hydrogens is 424 g/mol. The number of methoxy groups -OCH3 is 1. The predicted octanol–water partition coefficient (Wildman–Crippen LogP) is 3.68. The molecule has 0 aliphatic carbocycles. The maximum atomic E-state index is 5.57. The fourth-order valence-corrected chi connectivity index (χ4v) is 5.57. The first kappa shape index (κ1) is 23.1. The van der Waals surface area contributed by atoms with Crippen molar-refractivity contribution in [1.29, 1.82) is 0 Å². The van der Waals surface area contributed by atoms with Gasteiger partial charge in [-0.3, -0.25) is 4.90 Å². The van der Waals surface area contributed by atoms with Crippen LogP contribution in [-0.4, -0.2) is 70.5 Å². The molecule has 2 saturated heterocycles. The summed E-state index contributed by atoms with van der Waals surface area (Å²) in [4.78, 5) is 4.98. The highest BCUT2D eigenvalue weighted by Gasteiger charge is 2.30. The molecule has 0 saturated carbocycles. The number of dihydropyridines is 1. The highest BCUT2D eigenvalue weighted by atomic mass is 16.5. The number of benzene rings is 1. The van der Waals surface area contributed by atoms with Crippen LogP contribution < -0.4 is 5.32 Å². The SMILES string of the molecule is COC1CCN(Cc2nnc(C3CCN(C4=CC=CCN4)CC3)n2[C@@H](C)c2ccccc2)CC1. The zero-order valence-corrected chi connectivity index (χ0v) is 20.6. The molecule has 3 aliphatic rings. The van der Waals surface area contributed by atoms with Crippen LogP contribution in [0.25, 0.3) is 0 Å². The molecule has 4 heterocycles. The molecule has 1 aromatic heterocycles. The summed E-state index contributed by atoms with van der Waals surface area (Å²) in [5.74, 6) is 3.93. The Bertz CT molecular complexity index is 984. The summed E-state index contributed by atoms with van der Waals surface area (Å²) in [6, 6.07) is 11.0. The lowest BCUT2D eigenvalue weighted by Gasteiger charge is -2.36. The van der Waals surface area contributed by atoms with Crippen molar-refractivity contribution < 1.29 is 4.74 Å². The number of nitrogens with zero attached hydrogens (tertiary/aromatic N) is 5. The first-order chi connectivity index (χ1) is 16.7. The number of aromatic nitrogens is 3. The lowest BCUT2D eigenvalue weighted by Crippen LogP contribution is -2.39. The van der Waals surface area contributed by atoms with E-state index >= 15 is 0 Å². The van der Waals surface area contributed by atoms with Gasteiger partial charge in [-0.05, 0) is 44.2 Å². The van der Waals surface area contributed by atoms with Gasteiger partial charge < -0.3 is 19.5 Å². The largest absolute Gasteiger partial charge is 0.381 e. The molecule has 0 unspecified atom stereocenters. The third-order valence-electron chi connectivity index (χ3n) is 7.69. The highest BCUT2D eigenvalue weighted by molar-refractivity contribution is 5.22. The van der Waals surface area contributed by atoms with E-state index in [0.717, 1.165) is 76.6 Å². The van der Waals surface area contributed by atoms with Crippen LogP contribution in [0.1, 0.15) is 61.8 Å². The van der Waals surface area contributed by atoms with E-state index in [9.17, 15) is 0 Å². The van der Waals surface area contributed by atoms with Crippen LogP contribution in [0.5, 0.6) is 0 Å². The number of nitrogens with one attached hydrogen (secondary N) is 1. The van der Waals surface area contributed by atoms with E-state index in [1.807, 2.05) is 7.11 Å². The topological polar surface area (TPSA) is 58.5 Å². The van der Waals surface area contributed by atoms with Crippen molar-refractivity contribution in [2.45, 2.75) is 57.2 Å². The summed E-state index contributed by atoms with van der Waals surface area (Å²) < 4.78 is 8.01. The summed E-state index contributed by atoms with van der Waals surface area (Å²) in [5, 5.41) is 13.1. The summed E-state index contributed by atoms with van der Waals surface area (Å²) in [7, 11) is 1.83. The molecule has 0 bridgehead atoms. The minimum Gasteiger partial charge on any atom is -0.381 e. The third-order valence-corrected chi connectivity index (χ3v) is 7.69. The maximum Gasteiger partial charge on any atom is 0.147 e. The monoisotopic (exact) mass is 462 g/mol. The quantitative estimate of drug-likeness (QED) is 0.678. The van der Waals surface area contributed by atoms with Gasteiger partial charge in [0.2, 0.25) is 0 Å². The molecule has 7 nitrogen and oxygen atoms in total. The molecule has 34 heavy (non-hydrogen) atoms. The van der Waals surface area contributed by atoms with Gasteiger partial charge in [0.1, 0.15) is 17.5 Å². The van der Waals surface area contributed by atoms with E-state index in [0.29, 0.717) is 12.0 Å². The average Bonchev–Trinajstić information content (AvgIpc) is 3.33. The lowest BCUT2D eigenvalue weighted by molar-refractivity contribution is 0.0377. The Morgan fingerprint density at radius 1 is 1.03 bits per heavy atom. The van der Waals surface area contributed by atoms with Gasteiger partial charge in [0.25, 0.3) is 0 Å². The van der Waals surface area contributed by atoms with E-state index in [1.165, 1.54) is 11.4 Å². The minimum absolute atomic E-state index is 0.212. The molecule has 1 atom stereocenters. The van der Waals surface area contributed by atoms with Crippen molar-refractivity contribution in [2.75, 3.05) is 39.8 Å². The van der Waals surface area contributed by atoms with Crippen LogP contribution in [0.3, 0.4) is 0 Å². The molecule has 182 valence electrons. The van der Waals surface area contributed by atoms with Gasteiger partial charge in [-0.25, -0.2) is 0 Å². The van der Waals surface area contributed by atoms with Gasteiger partial charge in [0.15, 0.2) is 0 Å². The fourth-order valence-electron chi connectivity index (χ4n) is 5.57. The Balaban J connectivity index is 1.35. The summed E-state index contributed by atoms with van der Waals surface area (Å²) >= 11 is 0. The van der Waals surface area contributed by atoms with Crippen molar-refractivity contribution in [3.63, 3.8) is 0 Å². The molecule has 2 fully saturated rings. The molecule has 5 rings (SSSR count). The maximum absolute atomic E-state index is 5.57. The third kappa shape index (κ3) is 5.05. The smallest absolute Gasteiger partial charge is 0.147 e. The van der Waals surface area contributed by atoms with Crippen LogP contribution in [0.15, 0.2) is 54.4 Å². The number of allylic oxidation sites excluding steroid dienone is 2. The molecular formula is C27H38N6O. The van der Waals surface area contributed by atoms with Crippen molar-refractivity contribution in [3.05, 3.63) is 71.6 Å². The van der Waals surface area contributed by atoms with Gasteiger partial charge in [0.05, 0.1) is 18.7 Å². The summed E-state index contributed by atoms with van der Waals surface area (Å²) in [6.07, 6.45) is 11.3. The molecule has 1 aromatic carbocycles. The van der Waals surface area contributed by atoms with Crippen LogP contribution in [-0.2, 0) is 11.3 Å². The Labute approximate surface area is 203 Å². The Hall–Kier alpha value is -2.64. The molecule has 0 spiro atoms. The molecule has 3 aliphatic heterocycles. The number of likely N-dealkylation sites (tertiary alicyclic amines) is 2. The van der Waals surface area contributed by atoms with E-state index in [4.69, 9.17) is 14.9 Å². The summed E-state index contributed by atoms with van der Waals surface area (Å²) in [6.45, 7) is 8.25. The number of rotatable bonds is 7. The second-order valence-corrected chi connectivity index (χ2v) is 9.76. The predicted molar refractivity (Wildman–Crippen MR) is 134 cm³/mol. The first-order valence-electron chi connectivity index (χ1n) is 12.8. The molecule has 1 N–H and O–H groups in total. The van der Waals surface area contributed by atoms with Crippen LogP contribution in [0, 0.1) is 0 Å². The van der Waals surface area contributed by atoms with Crippen molar-refractivity contribution in [3.8, 4) is 0 Å². The number of hydrogen-bond donors (Lipinski definition) is 1.